The monoisotopic (exact) mass is 460 g/mol. The minimum atomic E-state index is -0.235. The van der Waals surface area contributed by atoms with Crippen molar-refractivity contribution in [1.29, 1.82) is 0 Å². The van der Waals surface area contributed by atoms with E-state index in [-0.39, 0.29) is 23.6 Å². The third-order valence-electron chi connectivity index (χ3n) is 5.32. The molecular weight excluding hydrogens is 428 g/mol. The van der Waals surface area contributed by atoms with Crippen molar-refractivity contribution in [2.45, 2.75) is 46.2 Å². The molecule has 2 amide bonds. The van der Waals surface area contributed by atoms with Gasteiger partial charge in [0.1, 0.15) is 5.82 Å². The Morgan fingerprint density at radius 3 is 2.47 bits per heavy atom. The Labute approximate surface area is 192 Å². The highest BCUT2D eigenvalue weighted by Gasteiger charge is 2.28. The second kappa shape index (κ2) is 10.4. The second-order valence-electron chi connectivity index (χ2n) is 8.88. The summed E-state index contributed by atoms with van der Waals surface area (Å²) in [6.07, 6.45) is 1.34. The first-order valence-electron chi connectivity index (χ1n) is 10.9. The van der Waals surface area contributed by atoms with Crippen molar-refractivity contribution in [3.05, 3.63) is 33.5 Å². The van der Waals surface area contributed by atoms with Gasteiger partial charge in [0.15, 0.2) is 11.6 Å². The van der Waals surface area contributed by atoms with Crippen molar-refractivity contribution in [2.75, 3.05) is 33.7 Å². The Hall–Kier alpha value is -2.59. The van der Waals surface area contributed by atoms with Crippen LogP contribution in [0.25, 0.3) is 0 Å². The van der Waals surface area contributed by atoms with Gasteiger partial charge in [0.2, 0.25) is 5.91 Å². The second-order valence-corrected chi connectivity index (χ2v) is 9.96. The molecule has 3 rings (SSSR count). The summed E-state index contributed by atoms with van der Waals surface area (Å²) in [7, 11) is 3.72. The van der Waals surface area contributed by atoms with Crippen LogP contribution in [0.5, 0.6) is 0 Å². The molecule has 1 aliphatic rings. The van der Waals surface area contributed by atoms with E-state index in [4.69, 9.17) is 0 Å². The summed E-state index contributed by atoms with van der Waals surface area (Å²) in [5, 5.41) is 11.9. The fraction of sp³-hybridized carbons (Fsp3) is 0.591. The molecule has 0 aliphatic carbocycles. The highest BCUT2D eigenvalue weighted by molar-refractivity contribution is 7.15. The van der Waals surface area contributed by atoms with E-state index in [1.807, 2.05) is 23.6 Å². The minimum absolute atomic E-state index is 0.0340. The molecule has 1 aliphatic heterocycles. The number of likely N-dealkylation sites (N-methyl/N-ethyl adjacent to an activating group) is 1. The third kappa shape index (κ3) is 5.80. The van der Waals surface area contributed by atoms with Gasteiger partial charge < -0.3 is 19.7 Å². The number of carbonyl (C=O) groups is 3. The maximum Gasteiger partial charge on any atom is 0.264 e. The van der Waals surface area contributed by atoms with Gasteiger partial charge in [-0.05, 0) is 45.5 Å². The lowest BCUT2D eigenvalue weighted by atomic mass is 10.0. The van der Waals surface area contributed by atoms with Gasteiger partial charge in [-0.25, -0.2) is 0 Å². The zero-order chi connectivity index (χ0) is 23.4. The maximum atomic E-state index is 13.0. The predicted molar refractivity (Wildman–Crippen MR) is 123 cm³/mol. The molecule has 0 radical (unpaired) electrons. The number of hydrogen-bond donors (Lipinski definition) is 1. The van der Waals surface area contributed by atoms with E-state index < -0.39 is 0 Å². The number of nitrogens with zero attached hydrogens (tertiary/aromatic N) is 5. The van der Waals surface area contributed by atoms with Gasteiger partial charge in [-0.3, -0.25) is 14.4 Å². The van der Waals surface area contributed by atoms with Crippen molar-refractivity contribution >= 4 is 28.9 Å². The van der Waals surface area contributed by atoms with Crippen LogP contribution >= 0.6 is 11.3 Å². The van der Waals surface area contributed by atoms with E-state index in [9.17, 15) is 14.4 Å². The molecular formula is C22H32N6O3S. The largest absolute Gasteiger partial charge is 0.345 e. The van der Waals surface area contributed by atoms with Crippen LogP contribution in [0.1, 0.15) is 64.2 Å². The Kier molecular flexibility index (Phi) is 7.78. The van der Waals surface area contributed by atoms with Crippen molar-refractivity contribution < 1.29 is 14.4 Å². The first kappa shape index (κ1) is 24.1. The van der Waals surface area contributed by atoms with E-state index in [1.54, 1.807) is 17.0 Å². The zero-order valence-electron chi connectivity index (χ0n) is 19.4. The standard InChI is InChI=1S/C22H32N6O3S/c1-14(2)12-16(23-20(30)13-26(4)5)21-25-24-19-8-9-27(10-11-28(19)21)22(31)18-7-6-17(32-18)15(3)29/h6-7,14,16H,8-13H2,1-5H3,(H,23,30). The van der Waals surface area contributed by atoms with Crippen LogP contribution in [0.15, 0.2) is 12.1 Å². The number of Topliss-reactive ketones (excluding diaryl/α,β-unsaturated/α-hetero) is 1. The molecule has 1 N–H and O–H groups in total. The molecule has 1 unspecified atom stereocenters. The number of nitrogens with one attached hydrogen (secondary N) is 1. The Bertz CT molecular complexity index is 980. The lowest BCUT2D eigenvalue weighted by Gasteiger charge is -2.23. The number of ketones is 1. The van der Waals surface area contributed by atoms with Gasteiger partial charge in [0.25, 0.3) is 5.91 Å². The van der Waals surface area contributed by atoms with Crippen LogP contribution in [0.4, 0.5) is 0 Å². The molecule has 9 nitrogen and oxygen atoms in total. The van der Waals surface area contributed by atoms with Gasteiger partial charge in [-0.1, -0.05) is 13.8 Å². The lowest BCUT2D eigenvalue weighted by molar-refractivity contribution is -0.122. The van der Waals surface area contributed by atoms with Crippen LogP contribution < -0.4 is 5.32 Å². The van der Waals surface area contributed by atoms with E-state index in [2.05, 4.69) is 29.4 Å². The number of thiophene rings is 1. The summed E-state index contributed by atoms with van der Waals surface area (Å²) in [6.45, 7) is 7.65. The Balaban J connectivity index is 1.75. The van der Waals surface area contributed by atoms with Gasteiger partial charge in [-0.2, -0.15) is 0 Å². The molecule has 0 aromatic carbocycles. The molecule has 0 bridgehead atoms. The Morgan fingerprint density at radius 2 is 1.84 bits per heavy atom. The van der Waals surface area contributed by atoms with Crippen molar-refractivity contribution in [3.8, 4) is 0 Å². The molecule has 2 aromatic rings. The normalized spacial score (nSPS) is 14.9. The summed E-state index contributed by atoms with van der Waals surface area (Å²) in [5.41, 5.74) is 0. The van der Waals surface area contributed by atoms with E-state index in [0.29, 0.717) is 48.3 Å². The number of aromatic nitrogens is 3. The van der Waals surface area contributed by atoms with Gasteiger partial charge >= 0.3 is 0 Å². The first-order valence-corrected chi connectivity index (χ1v) is 11.7. The van der Waals surface area contributed by atoms with Crippen molar-refractivity contribution in [2.24, 2.45) is 5.92 Å². The average Bonchev–Trinajstić information content (AvgIpc) is 3.29. The number of hydrogen-bond acceptors (Lipinski definition) is 7. The molecule has 0 saturated heterocycles. The van der Waals surface area contributed by atoms with Gasteiger partial charge in [0, 0.05) is 26.1 Å². The predicted octanol–water partition coefficient (Wildman–Crippen LogP) is 2.01. The van der Waals surface area contributed by atoms with Crippen LogP contribution in [0.3, 0.4) is 0 Å². The van der Waals surface area contributed by atoms with Crippen LogP contribution in [-0.4, -0.2) is 75.9 Å². The highest BCUT2D eigenvalue weighted by atomic mass is 32.1. The van der Waals surface area contributed by atoms with Crippen molar-refractivity contribution in [3.63, 3.8) is 0 Å². The smallest absolute Gasteiger partial charge is 0.264 e. The van der Waals surface area contributed by atoms with Crippen LogP contribution in [-0.2, 0) is 17.8 Å². The molecule has 174 valence electrons. The summed E-state index contributed by atoms with van der Waals surface area (Å²) in [5.74, 6) is 1.77. The average molecular weight is 461 g/mol. The molecule has 3 heterocycles. The van der Waals surface area contributed by atoms with Gasteiger partial charge in [0.05, 0.1) is 22.3 Å². The summed E-state index contributed by atoms with van der Waals surface area (Å²) < 4.78 is 2.05. The van der Waals surface area contributed by atoms with E-state index in [1.165, 1.54) is 18.3 Å². The summed E-state index contributed by atoms with van der Waals surface area (Å²) in [6, 6.07) is 3.19. The molecule has 2 aromatic heterocycles. The summed E-state index contributed by atoms with van der Waals surface area (Å²) >= 11 is 1.23. The van der Waals surface area contributed by atoms with Crippen LogP contribution in [0, 0.1) is 5.92 Å². The number of carbonyl (C=O) groups excluding carboxylic acids is 3. The fourth-order valence-corrected chi connectivity index (χ4v) is 4.70. The third-order valence-corrected chi connectivity index (χ3v) is 6.49. The SMILES string of the molecule is CC(=O)c1ccc(C(=O)N2CCc3nnc(C(CC(C)C)NC(=O)CN(C)C)n3CC2)s1. The number of rotatable bonds is 8. The zero-order valence-corrected chi connectivity index (χ0v) is 20.2. The molecule has 32 heavy (non-hydrogen) atoms. The number of amides is 2. The highest BCUT2D eigenvalue weighted by Crippen LogP contribution is 2.24. The first-order chi connectivity index (χ1) is 15.2. The molecule has 10 heteroatoms. The number of fused-ring (bicyclic) bond motifs is 1. The minimum Gasteiger partial charge on any atom is -0.345 e. The Morgan fingerprint density at radius 1 is 1.12 bits per heavy atom. The van der Waals surface area contributed by atoms with Crippen LogP contribution in [0.2, 0.25) is 0 Å². The summed E-state index contributed by atoms with van der Waals surface area (Å²) in [4.78, 5) is 41.8. The lowest BCUT2D eigenvalue weighted by Crippen LogP contribution is -2.38. The van der Waals surface area contributed by atoms with Gasteiger partial charge in [-0.15, -0.1) is 21.5 Å². The molecule has 0 saturated carbocycles. The van der Waals surface area contributed by atoms with E-state index >= 15 is 0 Å². The molecule has 1 atom stereocenters. The van der Waals surface area contributed by atoms with Crippen molar-refractivity contribution in [1.82, 2.24) is 29.9 Å². The van der Waals surface area contributed by atoms with E-state index in [0.717, 1.165) is 18.1 Å². The molecule has 0 spiro atoms. The fourth-order valence-electron chi connectivity index (χ4n) is 3.83. The quantitative estimate of drug-likeness (QED) is 0.605. The topological polar surface area (TPSA) is 100 Å². The molecule has 0 fully saturated rings. The maximum absolute atomic E-state index is 13.0.